The molecule has 0 spiro atoms. The third kappa shape index (κ3) is 4.64. The second-order valence-electron chi connectivity index (χ2n) is 10.3. The first-order valence-electron chi connectivity index (χ1n) is 12.9. The van der Waals surface area contributed by atoms with E-state index in [2.05, 4.69) is 36.9 Å². The summed E-state index contributed by atoms with van der Waals surface area (Å²) in [7, 11) is 1.51. The van der Waals surface area contributed by atoms with Gasteiger partial charge in [-0.05, 0) is 42.2 Å². The number of likely N-dealkylation sites (N-methyl/N-ethyl adjacent to an activating group) is 1. The van der Waals surface area contributed by atoms with Crippen molar-refractivity contribution in [1.29, 1.82) is 0 Å². The van der Waals surface area contributed by atoms with E-state index in [1.807, 2.05) is 59.5 Å². The number of carbonyl (C=O) groups is 3. The fraction of sp³-hybridized carbons (Fsp3) is 0.323. The minimum atomic E-state index is -1.16. The molecule has 2 aliphatic heterocycles. The van der Waals surface area contributed by atoms with Gasteiger partial charge in [0.2, 0.25) is 17.7 Å². The number of benzene rings is 3. The lowest BCUT2D eigenvalue weighted by Crippen LogP contribution is -2.51. The smallest absolute Gasteiger partial charge is 0.240 e. The number of imide groups is 1. The van der Waals surface area contributed by atoms with Crippen LogP contribution in [0.2, 0.25) is 0 Å². The van der Waals surface area contributed by atoms with Gasteiger partial charge in [0, 0.05) is 51.8 Å². The minimum absolute atomic E-state index is 0.00381. The summed E-state index contributed by atoms with van der Waals surface area (Å²) in [5, 5.41) is 0. The molecular weight excluding hydrogens is 462 g/mol. The van der Waals surface area contributed by atoms with Gasteiger partial charge < -0.3 is 9.80 Å². The summed E-state index contributed by atoms with van der Waals surface area (Å²) >= 11 is 0. The van der Waals surface area contributed by atoms with Crippen LogP contribution in [0.4, 0.5) is 5.69 Å². The number of amides is 3. The van der Waals surface area contributed by atoms with Gasteiger partial charge in [0.15, 0.2) is 0 Å². The normalized spacial score (nSPS) is 20.0. The first-order chi connectivity index (χ1) is 17.8. The number of anilines is 1. The molecule has 2 saturated heterocycles. The predicted octanol–water partition coefficient (Wildman–Crippen LogP) is 4.34. The number of hydrogen-bond acceptors (Lipinski definition) is 4. The Bertz CT molecular complexity index is 1330. The van der Waals surface area contributed by atoms with Crippen molar-refractivity contribution in [2.45, 2.75) is 32.1 Å². The molecule has 37 heavy (non-hydrogen) atoms. The fourth-order valence-electron chi connectivity index (χ4n) is 5.69. The van der Waals surface area contributed by atoms with Gasteiger partial charge in [-0.15, -0.1) is 0 Å². The Balaban J connectivity index is 1.35. The van der Waals surface area contributed by atoms with Gasteiger partial charge in [-0.2, -0.15) is 0 Å². The molecule has 0 saturated carbocycles. The first-order valence-corrected chi connectivity index (χ1v) is 12.9. The van der Waals surface area contributed by atoms with Crippen molar-refractivity contribution in [2.24, 2.45) is 0 Å². The molecule has 1 unspecified atom stereocenters. The van der Waals surface area contributed by atoms with Gasteiger partial charge in [0.05, 0.1) is 5.41 Å². The molecule has 0 radical (unpaired) electrons. The second kappa shape index (κ2) is 9.85. The van der Waals surface area contributed by atoms with E-state index < -0.39 is 5.41 Å². The summed E-state index contributed by atoms with van der Waals surface area (Å²) in [6, 6.07) is 24.2. The average Bonchev–Trinajstić information content (AvgIpc) is 3.13. The van der Waals surface area contributed by atoms with Crippen LogP contribution in [0.15, 0.2) is 72.8 Å². The molecule has 0 N–H and O–H groups in total. The zero-order chi connectivity index (χ0) is 26.2. The summed E-state index contributed by atoms with van der Waals surface area (Å²) in [6.07, 6.45) is 0.0113. The third-order valence-electron chi connectivity index (χ3n) is 7.86. The van der Waals surface area contributed by atoms with Gasteiger partial charge in [-0.3, -0.25) is 19.3 Å². The molecule has 0 aliphatic carbocycles. The van der Waals surface area contributed by atoms with Crippen LogP contribution in [-0.4, -0.2) is 60.7 Å². The monoisotopic (exact) mass is 495 g/mol. The Kier molecular flexibility index (Phi) is 6.59. The molecule has 3 aromatic carbocycles. The van der Waals surface area contributed by atoms with Crippen molar-refractivity contribution < 1.29 is 14.4 Å². The minimum Gasteiger partial charge on any atom is -0.368 e. The van der Waals surface area contributed by atoms with Crippen molar-refractivity contribution in [1.82, 2.24) is 9.80 Å². The Labute approximate surface area is 218 Å². The quantitative estimate of drug-likeness (QED) is 0.494. The molecule has 6 heteroatoms. The summed E-state index contributed by atoms with van der Waals surface area (Å²) < 4.78 is 0. The van der Waals surface area contributed by atoms with E-state index in [1.54, 1.807) is 0 Å². The largest absolute Gasteiger partial charge is 0.368 e. The summed E-state index contributed by atoms with van der Waals surface area (Å²) in [4.78, 5) is 45.0. The first kappa shape index (κ1) is 24.8. The maximum atomic E-state index is 13.6. The average molecular weight is 496 g/mol. The highest BCUT2D eigenvalue weighted by Crippen LogP contribution is 2.40. The highest BCUT2D eigenvalue weighted by molar-refractivity contribution is 6.10. The number of aryl methyl sites for hydroxylation is 2. The van der Waals surface area contributed by atoms with Crippen LogP contribution < -0.4 is 4.90 Å². The maximum Gasteiger partial charge on any atom is 0.240 e. The van der Waals surface area contributed by atoms with Crippen molar-refractivity contribution in [3.8, 4) is 11.1 Å². The van der Waals surface area contributed by atoms with Crippen molar-refractivity contribution in [3.05, 3.63) is 89.5 Å². The van der Waals surface area contributed by atoms with Crippen LogP contribution in [0.3, 0.4) is 0 Å². The Morgan fingerprint density at radius 3 is 2.08 bits per heavy atom. The van der Waals surface area contributed by atoms with Gasteiger partial charge in [-0.25, -0.2) is 0 Å². The van der Waals surface area contributed by atoms with Crippen LogP contribution in [0.1, 0.15) is 29.5 Å². The third-order valence-corrected chi connectivity index (χ3v) is 7.86. The number of likely N-dealkylation sites (tertiary alicyclic amines) is 1. The predicted molar refractivity (Wildman–Crippen MR) is 145 cm³/mol. The van der Waals surface area contributed by atoms with Crippen LogP contribution in [0, 0.1) is 13.8 Å². The van der Waals surface area contributed by atoms with Gasteiger partial charge in [-0.1, -0.05) is 72.3 Å². The molecule has 2 aliphatic rings. The van der Waals surface area contributed by atoms with Crippen LogP contribution in [-0.2, 0) is 19.8 Å². The highest BCUT2D eigenvalue weighted by Gasteiger charge is 2.53. The van der Waals surface area contributed by atoms with Crippen LogP contribution in [0.25, 0.3) is 11.1 Å². The van der Waals surface area contributed by atoms with Crippen molar-refractivity contribution in [3.63, 3.8) is 0 Å². The van der Waals surface area contributed by atoms with E-state index in [9.17, 15) is 14.4 Å². The summed E-state index contributed by atoms with van der Waals surface area (Å²) in [6.45, 7) is 6.86. The van der Waals surface area contributed by atoms with E-state index in [0.29, 0.717) is 13.1 Å². The van der Waals surface area contributed by atoms with E-state index in [4.69, 9.17) is 0 Å². The number of piperazine rings is 1. The number of nitrogens with zero attached hydrogens (tertiary/aromatic N) is 3. The summed E-state index contributed by atoms with van der Waals surface area (Å²) in [5.41, 5.74) is 5.32. The lowest BCUT2D eigenvalue weighted by atomic mass is 9.75. The molecule has 2 fully saturated rings. The van der Waals surface area contributed by atoms with Crippen molar-refractivity contribution >= 4 is 23.4 Å². The zero-order valence-electron chi connectivity index (χ0n) is 21.7. The topological polar surface area (TPSA) is 60.9 Å². The molecule has 2 heterocycles. The zero-order valence-corrected chi connectivity index (χ0v) is 21.7. The Hall–Kier alpha value is -3.93. The molecule has 0 bridgehead atoms. The lowest BCUT2D eigenvalue weighted by molar-refractivity contribution is -0.141. The highest BCUT2D eigenvalue weighted by atomic mass is 16.2. The van der Waals surface area contributed by atoms with Gasteiger partial charge in [0.25, 0.3) is 0 Å². The fourth-order valence-corrected chi connectivity index (χ4v) is 5.69. The molecule has 190 valence electrons. The van der Waals surface area contributed by atoms with E-state index in [-0.39, 0.29) is 30.6 Å². The molecule has 3 amide bonds. The van der Waals surface area contributed by atoms with Crippen LogP contribution >= 0.6 is 0 Å². The molecule has 1 atom stereocenters. The van der Waals surface area contributed by atoms with E-state index >= 15 is 0 Å². The molecule has 6 nitrogen and oxygen atoms in total. The Morgan fingerprint density at radius 2 is 1.49 bits per heavy atom. The maximum absolute atomic E-state index is 13.6. The number of carbonyl (C=O) groups excluding carboxylic acids is 3. The second-order valence-corrected chi connectivity index (χ2v) is 10.3. The summed E-state index contributed by atoms with van der Waals surface area (Å²) in [5.74, 6) is -0.624. The SMILES string of the molecule is Cc1ccc(N2CCN(C(=O)CC3(c4ccc(-c5ccccc5)cc4)CC(=O)N(C)C3=O)CC2)c(C)c1. The number of rotatable bonds is 5. The number of hydrogen-bond donors (Lipinski definition) is 0. The standard InChI is InChI=1S/C31H33N3O3/c1-22-9-14-27(23(2)19-22)33-15-17-34(18-16-33)29(36)21-31(20-28(35)32(3)30(31)37)26-12-10-25(11-13-26)24-7-5-4-6-8-24/h4-14,19H,15-18,20-21H2,1-3H3. The van der Waals surface area contributed by atoms with E-state index in [0.717, 1.165) is 29.8 Å². The molecule has 0 aromatic heterocycles. The molecular formula is C31H33N3O3. The van der Waals surface area contributed by atoms with E-state index in [1.165, 1.54) is 28.8 Å². The van der Waals surface area contributed by atoms with Gasteiger partial charge in [0.1, 0.15) is 0 Å². The lowest BCUT2D eigenvalue weighted by Gasteiger charge is -2.38. The molecule has 3 aromatic rings. The van der Waals surface area contributed by atoms with Gasteiger partial charge >= 0.3 is 0 Å². The van der Waals surface area contributed by atoms with Crippen molar-refractivity contribution in [2.75, 3.05) is 38.1 Å². The van der Waals surface area contributed by atoms with Crippen LogP contribution in [0.5, 0.6) is 0 Å². The Morgan fingerprint density at radius 1 is 0.838 bits per heavy atom. The molecule has 5 rings (SSSR count).